The lowest BCUT2D eigenvalue weighted by molar-refractivity contribution is 0.0745. The molecule has 0 aromatic heterocycles. The Morgan fingerprint density at radius 1 is 1.50 bits per heavy atom. The van der Waals surface area contributed by atoms with Crippen LogP contribution in [0.2, 0.25) is 0 Å². The molecule has 1 heterocycles. The topological polar surface area (TPSA) is 62.6 Å². The Kier molecular flexibility index (Phi) is 4.50. The molecule has 0 saturated heterocycles. The molecule has 1 aliphatic rings. The molecule has 20 heavy (non-hydrogen) atoms. The molecule has 0 fully saturated rings. The van der Waals surface area contributed by atoms with Crippen molar-refractivity contribution in [3.8, 4) is 17.6 Å². The quantitative estimate of drug-likeness (QED) is 0.849. The molecule has 1 unspecified atom stereocenters. The number of carbonyl (C=O) groups is 1. The molecule has 0 N–H and O–H groups in total. The molecular weight excluding hydrogens is 324 g/mol. The predicted octanol–water partition coefficient (Wildman–Crippen LogP) is 2.59. The van der Waals surface area contributed by atoms with E-state index in [0.717, 1.165) is 0 Å². The second-order valence-corrected chi connectivity index (χ2v) is 5.46. The van der Waals surface area contributed by atoms with E-state index in [1.807, 2.05) is 6.92 Å². The molecule has 1 amide bonds. The van der Waals surface area contributed by atoms with Crippen molar-refractivity contribution in [2.45, 2.75) is 19.4 Å². The van der Waals surface area contributed by atoms with Gasteiger partial charge in [-0.25, -0.2) is 0 Å². The number of nitriles is 1. The van der Waals surface area contributed by atoms with Gasteiger partial charge in [0.25, 0.3) is 5.91 Å². The first-order valence-corrected chi connectivity index (χ1v) is 7.07. The van der Waals surface area contributed by atoms with E-state index >= 15 is 0 Å². The van der Waals surface area contributed by atoms with Crippen LogP contribution in [0.25, 0.3) is 0 Å². The lowest BCUT2D eigenvalue weighted by atomic mass is 10.1. The van der Waals surface area contributed by atoms with Crippen LogP contribution < -0.4 is 9.47 Å². The number of fused-ring (bicyclic) bond motifs is 1. The summed E-state index contributed by atoms with van der Waals surface area (Å²) in [5.41, 5.74) is 0.508. The predicted molar refractivity (Wildman–Crippen MR) is 76.9 cm³/mol. The van der Waals surface area contributed by atoms with Gasteiger partial charge in [0.05, 0.1) is 17.0 Å². The normalized spacial score (nSPS) is 14.3. The number of rotatable bonds is 3. The van der Waals surface area contributed by atoms with Crippen molar-refractivity contribution in [3.05, 3.63) is 22.2 Å². The molecule has 0 bridgehead atoms. The van der Waals surface area contributed by atoms with Gasteiger partial charge in [0, 0.05) is 18.7 Å². The van der Waals surface area contributed by atoms with E-state index in [0.29, 0.717) is 41.2 Å². The maximum Gasteiger partial charge on any atom is 0.254 e. The summed E-state index contributed by atoms with van der Waals surface area (Å²) >= 11 is 3.39. The second-order valence-electron chi connectivity index (χ2n) is 4.61. The lowest BCUT2D eigenvalue weighted by Crippen LogP contribution is -2.34. The van der Waals surface area contributed by atoms with Gasteiger partial charge in [0.15, 0.2) is 11.5 Å². The third-order valence-corrected chi connectivity index (χ3v) is 3.80. The van der Waals surface area contributed by atoms with E-state index in [4.69, 9.17) is 14.7 Å². The van der Waals surface area contributed by atoms with E-state index in [1.54, 1.807) is 24.1 Å². The van der Waals surface area contributed by atoms with Crippen LogP contribution >= 0.6 is 15.9 Å². The average Bonchev–Trinajstić information content (AvgIpc) is 2.46. The smallest absolute Gasteiger partial charge is 0.254 e. The first-order chi connectivity index (χ1) is 9.54. The zero-order chi connectivity index (χ0) is 14.7. The van der Waals surface area contributed by atoms with Gasteiger partial charge < -0.3 is 14.4 Å². The molecule has 1 atom stereocenters. The first-order valence-electron chi connectivity index (χ1n) is 6.28. The highest BCUT2D eigenvalue weighted by molar-refractivity contribution is 9.10. The molecule has 1 aromatic rings. The number of benzene rings is 1. The summed E-state index contributed by atoms with van der Waals surface area (Å²) in [4.78, 5) is 14.0. The first kappa shape index (κ1) is 14.7. The van der Waals surface area contributed by atoms with Crippen molar-refractivity contribution >= 4 is 21.8 Å². The number of nitrogens with zero attached hydrogens (tertiary/aromatic N) is 2. The van der Waals surface area contributed by atoms with Gasteiger partial charge in [0.1, 0.15) is 13.2 Å². The van der Waals surface area contributed by atoms with Crippen molar-refractivity contribution in [3.63, 3.8) is 0 Å². The van der Waals surface area contributed by atoms with Gasteiger partial charge in [0.2, 0.25) is 0 Å². The van der Waals surface area contributed by atoms with Gasteiger partial charge in [-0.05, 0) is 35.0 Å². The highest BCUT2D eigenvalue weighted by Crippen LogP contribution is 2.38. The van der Waals surface area contributed by atoms with Gasteiger partial charge >= 0.3 is 0 Å². The summed E-state index contributed by atoms with van der Waals surface area (Å²) in [7, 11) is 1.69. The van der Waals surface area contributed by atoms with Crippen molar-refractivity contribution < 1.29 is 14.3 Å². The Balaban J connectivity index is 2.27. The standard InChI is InChI=1S/C14H15BrN2O3/c1-9(3-4-16)17(2)14(18)10-7-11(15)13-12(8-10)19-5-6-20-13/h7-9H,3,5-6H2,1-2H3. The monoisotopic (exact) mass is 338 g/mol. The summed E-state index contributed by atoms with van der Waals surface area (Å²) in [5, 5.41) is 8.71. The zero-order valence-corrected chi connectivity index (χ0v) is 12.9. The summed E-state index contributed by atoms with van der Waals surface area (Å²) in [5.74, 6) is 1.04. The molecular formula is C14H15BrN2O3. The summed E-state index contributed by atoms with van der Waals surface area (Å²) < 4.78 is 11.7. The molecule has 1 aromatic carbocycles. The number of ether oxygens (including phenoxy) is 2. The van der Waals surface area contributed by atoms with Crippen LogP contribution in [0.5, 0.6) is 11.5 Å². The Bertz CT molecular complexity index is 568. The third kappa shape index (κ3) is 2.88. The van der Waals surface area contributed by atoms with Crippen LogP contribution in [0, 0.1) is 11.3 Å². The van der Waals surface area contributed by atoms with Gasteiger partial charge in [-0.15, -0.1) is 0 Å². The Morgan fingerprint density at radius 3 is 2.90 bits per heavy atom. The summed E-state index contributed by atoms with van der Waals surface area (Å²) in [6.45, 7) is 2.81. The minimum Gasteiger partial charge on any atom is -0.486 e. The maximum absolute atomic E-state index is 12.4. The number of carbonyl (C=O) groups excluding carboxylic acids is 1. The van der Waals surface area contributed by atoms with Crippen LogP contribution in [-0.2, 0) is 0 Å². The Hall–Kier alpha value is -1.74. The van der Waals surface area contributed by atoms with Crippen LogP contribution in [0.3, 0.4) is 0 Å². The Labute approximate surface area is 126 Å². The summed E-state index contributed by atoms with van der Waals surface area (Å²) in [6, 6.07) is 5.32. The molecule has 0 spiro atoms. The zero-order valence-electron chi connectivity index (χ0n) is 11.4. The molecule has 6 heteroatoms. The van der Waals surface area contributed by atoms with Crippen LogP contribution in [0.4, 0.5) is 0 Å². The highest BCUT2D eigenvalue weighted by atomic mass is 79.9. The van der Waals surface area contributed by atoms with E-state index in [9.17, 15) is 4.79 Å². The molecule has 1 aliphatic heterocycles. The number of hydrogen-bond acceptors (Lipinski definition) is 4. The Morgan fingerprint density at radius 2 is 2.20 bits per heavy atom. The molecule has 0 aliphatic carbocycles. The van der Waals surface area contributed by atoms with Crippen LogP contribution in [0.1, 0.15) is 23.7 Å². The highest BCUT2D eigenvalue weighted by Gasteiger charge is 2.22. The van der Waals surface area contributed by atoms with Crippen molar-refractivity contribution in [2.24, 2.45) is 0 Å². The SMILES string of the molecule is CC(CC#N)N(C)C(=O)c1cc(Br)c2c(c1)OCCO2. The number of hydrogen-bond donors (Lipinski definition) is 0. The maximum atomic E-state index is 12.4. The molecule has 0 radical (unpaired) electrons. The van der Waals surface area contributed by atoms with Crippen LogP contribution in [0.15, 0.2) is 16.6 Å². The van der Waals surface area contributed by atoms with Crippen molar-refractivity contribution in [1.82, 2.24) is 4.90 Å². The second kappa shape index (κ2) is 6.14. The van der Waals surface area contributed by atoms with Gasteiger partial charge in [-0.3, -0.25) is 4.79 Å². The fourth-order valence-corrected chi connectivity index (χ4v) is 2.46. The van der Waals surface area contributed by atoms with Crippen molar-refractivity contribution in [1.29, 1.82) is 5.26 Å². The minimum absolute atomic E-state index is 0.139. The minimum atomic E-state index is -0.148. The third-order valence-electron chi connectivity index (χ3n) is 3.21. The number of amides is 1. The van der Waals surface area contributed by atoms with E-state index in [1.165, 1.54) is 0 Å². The fraction of sp³-hybridized carbons (Fsp3) is 0.429. The van der Waals surface area contributed by atoms with E-state index < -0.39 is 0 Å². The lowest BCUT2D eigenvalue weighted by Gasteiger charge is -2.25. The molecule has 106 valence electrons. The molecule has 0 saturated carbocycles. The molecule has 5 nitrogen and oxygen atoms in total. The van der Waals surface area contributed by atoms with Gasteiger partial charge in [-0.1, -0.05) is 0 Å². The average molecular weight is 339 g/mol. The van der Waals surface area contributed by atoms with Crippen molar-refractivity contribution in [2.75, 3.05) is 20.3 Å². The largest absolute Gasteiger partial charge is 0.486 e. The fourth-order valence-electron chi connectivity index (χ4n) is 1.91. The van der Waals surface area contributed by atoms with E-state index in [-0.39, 0.29) is 11.9 Å². The summed E-state index contributed by atoms with van der Waals surface area (Å²) in [6.07, 6.45) is 0.300. The van der Waals surface area contributed by atoms with Crippen LogP contribution in [-0.4, -0.2) is 37.1 Å². The molecule has 2 rings (SSSR count). The number of halogens is 1. The van der Waals surface area contributed by atoms with Gasteiger partial charge in [-0.2, -0.15) is 5.26 Å². The van der Waals surface area contributed by atoms with E-state index in [2.05, 4.69) is 22.0 Å².